The summed E-state index contributed by atoms with van der Waals surface area (Å²) in [5.41, 5.74) is 1.87. The maximum absolute atomic E-state index is 9.21. The summed E-state index contributed by atoms with van der Waals surface area (Å²) in [6, 6.07) is 9.63. The lowest BCUT2D eigenvalue weighted by atomic mass is 10.0. The average Bonchev–Trinajstić information content (AvgIpc) is 2.74. The highest BCUT2D eigenvalue weighted by atomic mass is 79.9. The van der Waals surface area contributed by atoms with E-state index in [2.05, 4.69) is 20.9 Å². The van der Waals surface area contributed by atoms with Crippen molar-refractivity contribution < 1.29 is 0 Å². The van der Waals surface area contributed by atoms with Gasteiger partial charge in [-0.2, -0.15) is 10.5 Å². The van der Waals surface area contributed by atoms with Crippen LogP contribution >= 0.6 is 39.3 Å². The molecule has 0 aliphatic heterocycles. The van der Waals surface area contributed by atoms with E-state index in [9.17, 15) is 5.26 Å². The van der Waals surface area contributed by atoms with E-state index in [1.807, 2.05) is 36.6 Å². The lowest BCUT2D eigenvalue weighted by Crippen LogP contribution is -1.84. The van der Waals surface area contributed by atoms with Crippen LogP contribution in [0.15, 0.2) is 27.7 Å². The van der Waals surface area contributed by atoms with Gasteiger partial charge in [-0.15, -0.1) is 11.8 Å². The van der Waals surface area contributed by atoms with Gasteiger partial charge >= 0.3 is 0 Å². The van der Waals surface area contributed by atoms with Gasteiger partial charge in [-0.3, -0.25) is 0 Å². The minimum Gasteiger partial charge on any atom is -0.339 e. The molecular weight excluding hydrogens is 346 g/mol. The van der Waals surface area contributed by atoms with E-state index in [1.54, 1.807) is 11.8 Å². The Bertz CT molecular complexity index is 725. The number of rotatable bonds is 2. The number of halogens is 2. The number of nitriles is 2. The van der Waals surface area contributed by atoms with Crippen LogP contribution in [0.2, 0.25) is 5.02 Å². The predicted octanol–water partition coefficient (Wildman–Crippen LogP) is 4.56. The van der Waals surface area contributed by atoms with Crippen LogP contribution in [-0.2, 0) is 0 Å². The van der Waals surface area contributed by atoms with Gasteiger partial charge in [-0.25, -0.2) is 0 Å². The molecule has 0 atom stereocenters. The van der Waals surface area contributed by atoms with Gasteiger partial charge in [0.05, 0.1) is 10.2 Å². The Morgan fingerprint density at radius 2 is 2.05 bits per heavy atom. The standard InChI is InChI=1S/C13H7BrClN3S/c1-19-7-2-3-8(10(15)4-7)12-9(5-16)11(6-17)18-13(12)14/h2-4,18H,1H3. The van der Waals surface area contributed by atoms with Crippen LogP contribution in [0.25, 0.3) is 11.1 Å². The number of aromatic amines is 1. The highest BCUT2D eigenvalue weighted by Gasteiger charge is 2.19. The summed E-state index contributed by atoms with van der Waals surface area (Å²) < 4.78 is 0.583. The largest absolute Gasteiger partial charge is 0.339 e. The molecule has 2 rings (SSSR count). The molecule has 0 bridgehead atoms. The van der Waals surface area contributed by atoms with Crippen LogP contribution in [0.5, 0.6) is 0 Å². The van der Waals surface area contributed by atoms with E-state index < -0.39 is 0 Å². The molecule has 0 unspecified atom stereocenters. The fourth-order valence-corrected chi connectivity index (χ4v) is 3.13. The van der Waals surface area contributed by atoms with Crippen LogP contribution in [-0.4, -0.2) is 11.2 Å². The van der Waals surface area contributed by atoms with Crippen molar-refractivity contribution in [3.8, 4) is 23.3 Å². The molecule has 0 spiro atoms. The summed E-state index contributed by atoms with van der Waals surface area (Å²) in [6.45, 7) is 0. The van der Waals surface area contributed by atoms with E-state index in [-0.39, 0.29) is 5.69 Å². The minimum absolute atomic E-state index is 0.231. The third-order valence-electron chi connectivity index (χ3n) is 2.62. The van der Waals surface area contributed by atoms with Crippen LogP contribution in [0.1, 0.15) is 11.3 Å². The number of thioether (sulfide) groups is 1. The molecule has 0 aliphatic carbocycles. The lowest BCUT2D eigenvalue weighted by Gasteiger charge is -2.05. The van der Waals surface area contributed by atoms with Gasteiger partial charge in [-0.1, -0.05) is 17.7 Å². The maximum atomic E-state index is 9.21. The van der Waals surface area contributed by atoms with E-state index in [1.165, 1.54) is 0 Å². The van der Waals surface area contributed by atoms with Gasteiger partial charge in [-0.05, 0) is 34.3 Å². The fourth-order valence-electron chi connectivity index (χ4n) is 1.74. The normalized spacial score (nSPS) is 9.95. The summed E-state index contributed by atoms with van der Waals surface area (Å²) in [4.78, 5) is 3.88. The second kappa shape index (κ2) is 5.71. The molecule has 1 aromatic carbocycles. The van der Waals surface area contributed by atoms with Gasteiger partial charge in [0.1, 0.15) is 17.8 Å². The third kappa shape index (κ3) is 2.50. The van der Waals surface area contributed by atoms with E-state index in [0.29, 0.717) is 20.8 Å². The summed E-state index contributed by atoms with van der Waals surface area (Å²) in [7, 11) is 0. The topological polar surface area (TPSA) is 63.4 Å². The summed E-state index contributed by atoms with van der Waals surface area (Å²) >= 11 is 11.2. The molecule has 94 valence electrons. The van der Waals surface area contributed by atoms with Gasteiger partial charge in [0.2, 0.25) is 0 Å². The minimum atomic E-state index is 0.231. The Labute approximate surface area is 128 Å². The molecule has 0 saturated heterocycles. The molecule has 1 aromatic heterocycles. The van der Waals surface area contributed by atoms with Crippen molar-refractivity contribution in [3.63, 3.8) is 0 Å². The Morgan fingerprint density at radius 1 is 1.32 bits per heavy atom. The van der Waals surface area contributed by atoms with Crippen LogP contribution < -0.4 is 0 Å². The Kier molecular flexibility index (Phi) is 4.21. The molecular formula is C13H7BrClN3S. The van der Waals surface area contributed by atoms with E-state index >= 15 is 0 Å². The van der Waals surface area contributed by atoms with Crippen molar-refractivity contribution in [1.82, 2.24) is 4.98 Å². The number of hydrogen-bond acceptors (Lipinski definition) is 3. The number of aromatic nitrogens is 1. The molecule has 19 heavy (non-hydrogen) atoms. The molecule has 1 heterocycles. The maximum Gasteiger partial charge on any atom is 0.137 e. The quantitative estimate of drug-likeness (QED) is 0.806. The smallest absolute Gasteiger partial charge is 0.137 e. The average molecular weight is 353 g/mol. The van der Waals surface area contributed by atoms with Gasteiger partial charge in [0.25, 0.3) is 0 Å². The Morgan fingerprint density at radius 3 is 2.58 bits per heavy atom. The van der Waals surface area contributed by atoms with Gasteiger partial charge < -0.3 is 4.98 Å². The van der Waals surface area contributed by atoms with Crippen molar-refractivity contribution in [2.24, 2.45) is 0 Å². The Balaban J connectivity index is 2.70. The van der Waals surface area contributed by atoms with Crippen LogP contribution in [0, 0.1) is 22.7 Å². The fraction of sp³-hybridized carbons (Fsp3) is 0.0769. The number of H-pyrrole nitrogens is 1. The molecule has 6 heteroatoms. The van der Waals surface area contributed by atoms with Crippen molar-refractivity contribution in [2.75, 3.05) is 6.26 Å². The van der Waals surface area contributed by atoms with Crippen LogP contribution in [0.3, 0.4) is 0 Å². The second-order valence-electron chi connectivity index (χ2n) is 3.63. The lowest BCUT2D eigenvalue weighted by molar-refractivity contribution is 1.29. The summed E-state index contributed by atoms with van der Waals surface area (Å²) in [5, 5.41) is 18.8. The van der Waals surface area contributed by atoms with Crippen molar-refractivity contribution in [1.29, 1.82) is 10.5 Å². The van der Waals surface area contributed by atoms with E-state index in [4.69, 9.17) is 16.9 Å². The zero-order chi connectivity index (χ0) is 14.0. The highest BCUT2D eigenvalue weighted by molar-refractivity contribution is 9.10. The Hall–Kier alpha value is -1.40. The van der Waals surface area contributed by atoms with Crippen LogP contribution in [0.4, 0.5) is 0 Å². The zero-order valence-electron chi connectivity index (χ0n) is 9.79. The first-order chi connectivity index (χ1) is 9.12. The number of nitrogens with one attached hydrogen (secondary N) is 1. The van der Waals surface area contributed by atoms with Crippen molar-refractivity contribution >= 4 is 39.3 Å². The highest BCUT2D eigenvalue weighted by Crippen LogP contribution is 2.38. The summed E-state index contributed by atoms with van der Waals surface area (Å²) in [5.74, 6) is 0. The molecule has 0 saturated carbocycles. The summed E-state index contributed by atoms with van der Waals surface area (Å²) in [6.07, 6.45) is 1.96. The predicted molar refractivity (Wildman–Crippen MR) is 80.1 cm³/mol. The van der Waals surface area contributed by atoms with Crippen molar-refractivity contribution in [3.05, 3.63) is 39.1 Å². The molecule has 2 aromatic rings. The first-order valence-corrected chi connectivity index (χ1v) is 7.57. The monoisotopic (exact) mass is 351 g/mol. The third-order valence-corrected chi connectivity index (χ3v) is 4.26. The molecule has 1 N–H and O–H groups in total. The molecule has 0 aliphatic rings. The van der Waals surface area contributed by atoms with Gasteiger partial charge in [0.15, 0.2) is 0 Å². The van der Waals surface area contributed by atoms with Crippen molar-refractivity contribution in [2.45, 2.75) is 4.90 Å². The number of nitrogens with zero attached hydrogens (tertiary/aromatic N) is 2. The SMILES string of the molecule is CSc1ccc(-c2c(Br)[nH]c(C#N)c2C#N)c(Cl)c1. The number of hydrogen-bond donors (Lipinski definition) is 1. The molecule has 3 nitrogen and oxygen atoms in total. The first kappa shape index (κ1) is 14.0. The van der Waals surface area contributed by atoms with E-state index in [0.717, 1.165) is 10.5 Å². The second-order valence-corrected chi connectivity index (χ2v) is 5.71. The molecule has 0 amide bonds. The molecule has 0 fully saturated rings. The first-order valence-electron chi connectivity index (χ1n) is 5.18. The zero-order valence-corrected chi connectivity index (χ0v) is 12.9. The van der Waals surface area contributed by atoms with Gasteiger partial charge in [0, 0.05) is 21.0 Å². The number of benzene rings is 1. The molecule has 0 radical (unpaired) electrons.